The molecule has 0 heterocycles. The van der Waals surface area contributed by atoms with Gasteiger partial charge in [0.15, 0.2) is 0 Å². The van der Waals surface area contributed by atoms with Gasteiger partial charge in [-0.15, -0.1) is 0 Å². The number of carboxylic acid groups (broad SMARTS) is 1. The number of likely N-dealkylation sites (N-methyl/N-ethyl adjacent to an activating group) is 1. The molecule has 0 aromatic carbocycles. The summed E-state index contributed by atoms with van der Waals surface area (Å²) in [5.41, 5.74) is 0. The van der Waals surface area contributed by atoms with Gasteiger partial charge in [0.2, 0.25) is 0 Å². The first-order chi connectivity index (χ1) is 6.47. The van der Waals surface area contributed by atoms with E-state index in [-0.39, 0.29) is 12.7 Å². The predicted octanol–water partition coefficient (Wildman–Crippen LogP) is 1.11. The Balaban J connectivity index is 3.73. The number of nitrogens with one attached hydrogen (secondary N) is 1. The molecule has 0 aromatic rings. The second-order valence-corrected chi connectivity index (χ2v) is 3.95. The molecule has 4 heteroatoms. The van der Waals surface area contributed by atoms with Gasteiger partial charge in [-0.05, 0) is 26.3 Å². The fourth-order valence-electron chi connectivity index (χ4n) is 1.27. The zero-order chi connectivity index (χ0) is 11.1. The van der Waals surface area contributed by atoms with Crippen molar-refractivity contribution in [3.8, 4) is 0 Å². The maximum atomic E-state index is 10.6. The monoisotopic (exact) mass is 203 g/mol. The van der Waals surface area contributed by atoms with Gasteiger partial charge in [0.1, 0.15) is 6.04 Å². The third kappa shape index (κ3) is 5.94. The minimum atomic E-state index is -0.871. The van der Waals surface area contributed by atoms with Crippen molar-refractivity contribution < 1.29 is 14.6 Å². The van der Waals surface area contributed by atoms with Crippen LogP contribution in [0.4, 0.5) is 0 Å². The fraction of sp³-hybridized carbons (Fsp3) is 0.900. The lowest BCUT2D eigenvalue weighted by Crippen LogP contribution is -2.39. The predicted molar refractivity (Wildman–Crippen MR) is 55.4 cm³/mol. The average molecular weight is 203 g/mol. The lowest BCUT2D eigenvalue weighted by Gasteiger charge is -2.18. The second-order valence-electron chi connectivity index (χ2n) is 3.95. The van der Waals surface area contributed by atoms with Crippen LogP contribution in [0, 0.1) is 5.92 Å². The van der Waals surface area contributed by atoms with Crippen LogP contribution in [-0.4, -0.2) is 36.9 Å². The summed E-state index contributed by atoms with van der Waals surface area (Å²) in [4.78, 5) is 10.6. The van der Waals surface area contributed by atoms with Crippen molar-refractivity contribution in [2.24, 2.45) is 5.92 Å². The average Bonchev–Trinajstić information content (AvgIpc) is 2.03. The van der Waals surface area contributed by atoms with E-state index in [1.807, 2.05) is 6.92 Å². The van der Waals surface area contributed by atoms with Gasteiger partial charge in [-0.3, -0.25) is 4.79 Å². The summed E-state index contributed by atoms with van der Waals surface area (Å²) in [5, 5.41) is 11.4. The SMILES string of the molecule is CNC(COC(C)CC(C)C)C(=O)O. The molecule has 0 aliphatic heterocycles. The number of carboxylic acids is 1. The summed E-state index contributed by atoms with van der Waals surface area (Å²) >= 11 is 0. The molecule has 2 N–H and O–H groups in total. The van der Waals surface area contributed by atoms with Crippen LogP contribution in [0.5, 0.6) is 0 Å². The van der Waals surface area contributed by atoms with Crippen LogP contribution in [0.3, 0.4) is 0 Å². The van der Waals surface area contributed by atoms with Crippen molar-refractivity contribution in [3.63, 3.8) is 0 Å². The van der Waals surface area contributed by atoms with Gasteiger partial charge in [0.05, 0.1) is 12.7 Å². The summed E-state index contributed by atoms with van der Waals surface area (Å²) in [6.07, 6.45) is 1.07. The van der Waals surface area contributed by atoms with Crippen LogP contribution in [0.1, 0.15) is 27.2 Å². The molecule has 0 saturated carbocycles. The first-order valence-corrected chi connectivity index (χ1v) is 4.99. The van der Waals surface area contributed by atoms with Crippen molar-refractivity contribution in [1.29, 1.82) is 0 Å². The Morgan fingerprint density at radius 1 is 1.43 bits per heavy atom. The summed E-state index contributed by atoms with van der Waals surface area (Å²) in [6, 6.07) is -0.607. The number of aliphatic carboxylic acids is 1. The normalized spacial score (nSPS) is 15.5. The number of ether oxygens (including phenoxy) is 1. The highest BCUT2D eigenvalue weighted by molar-refractivity contribution is 5.73. The Kier molecular flexibility index (Phi) is 6.49. The van der Waals surface area contributed by atoms with Gasteiger partial charge >= 0.3 is 5.97 Å². The molecule has 0 radical (unpaired) electrons. The Hall–Kier alpha value is -0.610. The van der Waals surface area contributed by atoms with E-state index in [0.717, 1.165) is 6.42 Å². The summed E-state index contributed by atoms with van der Waals surface area (Å²) in [7, 11) is 1.62. The van der Waals surface area contributed by atoms with Gasteiger partial charge in [-0.1, -0.05) is 13.8 Å². The highest BCUT2D eigenvalue weighted by Gasteiger charge is 2.16. The molecule has 0 fully saturated rings. The van der Waals surface area contributed by atoms with Gasteiger partial charge in [0.25, 0.3) is 0 Å². The minimum absolute atomic E-state index is 0.116. The summed E-state index contributed by atoms with van der Waals surface area (Å²) in [5.74, 6) is -0.299. The maximum absolute atomic E-state index is 10.6. The van der Waals surface area contributed by atoms with Crippen LogP contribution < -0.4 is 5.32 Å². The molecule has 0 bridgehead atoms. The van der Waals surface area contributed by atoms with E-state index in [2.05, 4.69) is 19.2 Å². The molecule has 0 saturated heterocycles. The van der Waals surface area contributed by atoms with Crippen molar-refractivity contribution in [3.05, 3.63) is 0 Å². The van der Waals surface area contributed by atoms with Crippen molar-refractivity contribution >= 4 is 5.97 Å². The van der Waals surface area contributed by atoms with Crippen molar-refractivity contribution in [2.75, 3.05) is 13.7 Å². The van der Waals surface area contributed by atoms with E-state index < -0.39 is 12.0 Å². The van der Waals surface area contributed by atoms with Crippen LogP contribution in [0.2, 0.25) is 0 Å². The van der Waals surface area contributed by atoms with Gasteiger partial charge < -0.3 is 15.2 Å². The molecule has 0 spiro atoms. The molecule has 0 rings (SSSR count). The molecule has 84 valence electrons. The molecule has 2 unspecified atom stereocenters. The van der Waals surface area contributed by atoms with E-state index in [0.29, 0.717) is 5.92 Å². The van der Waals surface area contributed by atoms with Crippen LogP contribution >= 0.6 is 0 Å². The molecular formula is C10H21NO3. The minimum Gasteiger partial charge on any atom is -0.480 e. The standard InChI is InChI=1S/C10H21NO3/c1-7(2)5-8(3)14-6-9(11-4)10(12)13/h7-9,11H,5-6H2,1-4H3,(H,12,13). The smallest absolute Gasteiger partial charge is 0.323 e. The van der Waals surface area contributed by atoms with E-state index in [1.165, 1.54) is 0 Å². The number of rotatable bonds is 7. The lowest BCUT2D eigenvalue weighted by atomic mass is 10.1. The molecule has 2 atom stereocenters. The highest BCUT2D eigenvalue weighted by Crippen LogP contribution is 2.07. The molecular weight excluding hydrogens is 182 g/mol. The Morgan fingerprint density at radius 3 is 2.36 bits per heavy atom. The quantitative estimate of drug-likeness (QED) is 0.650. The topological polar surface area (TPSA) is 58.6 Å². The van der Waals surface area contributed by atoms with Crippen molar-refractivity contribution in [2.45, 2.75) is 39.3 Å². The maximum Gasteiger partial charge on any atom is 0.323 e. The van der Waals surface area contributed by atoms with Crippen LogP contribution in [0.15, 0.2) is 0 Å². The summed E-state index contributed by atoms with van der Waals surface area (Å²) in [6.45, 7) is 6.42. The molecule has 0 aliphatic carbocycles. The van der Waals surface area contributed by atoms with Gasteiger partial charge in [-0.25, -0.2) is 0 Å². The Bertz CT molecular complexity index is 171. The third-order valence-corrected chi connectivity index (χ3v) is 2.00. The Labute approximate surface area is 85.6 Å². The summed E-state index contributed by atoms with van der Waals surface area (Å²) < 4.78 is 5.42. The molecule has 0 aliphatic rings. The highest BCUT2D eigenvalue weighted by atomic mass is 16.5. The zero-order valence-corrected chi connectivity index (χ0v) is 9.41. The first kappa shape index (κ1) is 13.4. The van der Waals surface area contributed by atoms with Crippen LogP contribution in [0.25, 0.3) is 0 Å². The molecule has 4 nitrogen and oxygen atoms in total. The molecule has 0 aromatic heterocycles. The number of carbonyl (C=O) groups is 1. The van der Waals surface area contributed by atoms with Crippen LogP contribution in [-0.2, 0) is 9.53 Å². The fourth-order valence-corrected chi connectivity index (χ4v) is 1.27. The van der Waals surface area contributed by atoms with E-state index >= 15 is 0 Å². The van der Waals surface area contributed by atoms with E-state index in [4.69, 9.17) is 9.84 Å². The Morgan fingerprint density at radius 2 is 2.00 bits per heavy atom. The third-order valence-electron chi connectivity index (χ3n) is 2.00. The number of hydrogen-bond acceptors (Lipinski definition) is 3. The largest absolute Gasteiger partial charge is 0.480 e. The lowest BCUT2D eigenvalue weighted by molar-refractivity contribution is -0.141. The van der Waals surface area contributed by atoms with E-state index in [1.54, 1.807) is 7.05 Å². The first-order valence-electron chi connectivity index (χ1n) is 4.99. The van der Waals surface area contributed by atoms with Gasteiger partial charge in [0, 0.05) is 0 Å². The molecule has 0 amide bonds. The molecule has 14 heavy (non-hydrogen) atoms. The van der Waals surface area contributed by atoms with Gasteiger partial charge in [-0.2, -0.15) is 0 Å². The van der Waals surface area contributed by atoms with Crippen molar-refractivity contribution in [1.82, 2.24) is 5.32 Å². The van der Waals surface area contributed by atoms with E-state index in [9.17, 15) is 4.79 Å². The number of hydrogen-bond donors (Lipinski definition) is 2. The second kappa shape index (κ2) is 6.79. The zero-order valence-electron chi connectivity index (χ0n) is 9.41.